The van der Waals surface area contributed by atoms with E-state index in [-0.39, 0.29) is 11.4 Å². The molecule has 1 unspecified atom stereocenters. The molecule has 1 aliphatic heterocycles. The Morgan fingerprint density at radius 1 is 1.28 bits per heavy atom. The molecule has 100 valence electrons. The minimum Gasteiger partial charge on any atom is -0.386 e. The molecule has 18 heavy (non-hydrogen) atoms. The lowest BCUT2D eigenvalue weighted by Gasteiger charge is -2.39. The minimum atomic E-state index is -0.588. The van der Waals surface area contributed by atoms with Gasteiger partial charge in [0.25, 0.3) is 0 Å². The average Bonchev–Trinajstić information content (AvgIpc) is 2.86. The lowest BCUT2D eigenvalue weighted by molar-refractivity contribution is 0.00126. The molecule has 0 spiro atoms. The quantitative estimate of drug-likeness (QED) is 0.892. The third kappa shape index (κ3) is 2.43. The highest BCUT2D eigenvalue weighted by Crippen LogP contribution is 2.33. The highest BCUT2D eigenvalue weighted by molar-refractivity contribution is 5.27. The van der Waals surface area contributed by atoms with Gasteiger partial charge in [-0.3, -0.25) is 4.90 Å². The van der Waals surface area contributed by atoms with Gasteiger partial charge in [-0.1, -0.05) is 12.1 Å². The van der Waals surface area contributed by atoms with E-state index in [0.29, 0.717) is 5.56 Å². The Balaban J connectivity index is 2.23. The predicted molar refractivity (Wildman–Crippen MR) is 71.0 cm³/mol. The maximum absolute atomic E-state index is 13.3. The topological polar surface area (TPSA) is 23.5 Å². The van der Waals surface area contributed by atoms with E-state index < -0.39 is 6.10 Å². The van der Waals surface area contributed by atoms with Gasteiger partial charge in [0.1, 0.15) is 5.82 Å². The van der Waals surface area contributed by atoms with Crippen molar-refractivity contribution in [2.75, 3.05) is 13.1 Å². The van der Waals surface area contributed by atoms with Gasteiger partial charge in [-0.2, -0.15) is 0 Å². The molecule has 1 aromatic rings. The molecule has 2 rings (SSSR count). The van der Waals surface area contributed by atoms with Crippen LogP contribution in [0.2, 0.25) is 0 Å². The summed E-state index contributed by atoms with van der Waals surface area (Å²) in [6.07, 6.45) is 1.80. The fourth-order valence-corrected chi connectivity index (χ4v) is 2.71. The van der Waals surface area contributed by atoms with Crippen LogP contribution in [0.3, 0.4) is 0 Å². The van der Waals surface area contributed by atoms with Gasteiger partial charge in [0.05, 0.1) is 6.10 Å². The van der Waals surface area contributed by atoms with Gasteiger partial charge < -0.3 is 5.11 Å². The summed E-state index contributed by atoms with van der Waals surface area (Å²) >= 11 is 0. The van der Waals surface area contributed by atoms with Crippen LogP contribution >= 0.6 is 0 Å². The summed E-state index contributed by atoms with van der Waals surface area (Å²) < 4.78 is 13.3. The van der Waals surface area contributed by atoms with Crippen molar-refractivity contribution in [1.82, 2.24) is 4.90 Å². The predicted octanol–water partition coefficient (Wildman–Crippen LogP) is 3.04. The molecule has 0 amide bonds. The molecule has 1 N–H and O–H groups in total. The second kappa shape index (κ2) is 4.98. The summed E-state index contributed by atoms with van der Waals surface area (Å²) in [5, 5.41) is 10.6. The molecule has 1 aliphatic rings. The standard InChI is InChI=1S/C15H22FNO/c1-11-10-12(6-7-13(11)16)14(18)15(2,3)17-8-4-5-9-17/h6-7,10,14,18H,4-5,8-9H2,1-3H3. The number of hydrogen-bond acceptors (Lipinski definition) is 2. The van der Waals surface area contributed by atoms with Crippen LogP contribution in [0.5, 0.6) is 0 Å². The first kappa shape index (κ1) is 13.5. The van der Waals surface area contributed by atoms with Gasteiger partial charge in [-0.15, -0.1) is 0 Å². The first-order chi connectivity index (χ1) is 8.43. The number of benzene rings is 1. The first-order valence-electron chi connectivity index (χ1n) is 6.62. The van der Waals surface area contributed by atoms with Gasteiger partial charge in [0.2, 0.25) is 0 Å². The fourth-order valence-electron chi connectivity index (χ4n) is 2.71. The van der Waals surface area contributed by atoms with E-state index in [1.165, 1.54) is 18.9 Å². The van der Waals surface area contributed by atoms with Crippen LogP contribution in [-0.2, 0) is 0 Å². The number of aryl methyl sites for hydroxylation is 1. The van der Waals surface area contributed by atoms with Gasteiger partial charge in [0, 0.05) is 5.54 Å². The summed E-state index contributed by atoms with van der Waals surface area (Å²) in [4.78, 5) is 2.32. The van der Waals surface area contributed by atoms with Crippen LogP contribution in [-0.4, -0.2) is 28.6 Å². The Hall–Kier alpha value is -0.930. The molecular formula is C15H22FNO. The van der Waals surface area contributed by atoms with Crippen LogP contribution in [0.25, 0.3) is 0 Å². The summed E-state index contributed by atoms with van der Waals surface area (Å²) in [6.45, 7) is 7.91. The maximum Gasteiger partial charge on any atom is 0.126 e. The summed E-state index contributed by atoms with van der Waals surface area (Å²) in [5.74, 6) is -0.218. The van der Waals surface area contributed by atoms with E-state index in [0.717, 1.165) is 18.7 Å². The van der Waals surface area contributed by atoms with Crippen molar-refractivity contribution in [1.29, 1.82) is 0 Å². The van der Waals surface area contributed by atoms with E-state index in [4.69, 9.17) is 0 Å². The van der Waals surface area contributed by atoms with Crippen LogP contribution in [0.15, 0.2) is 18.2 Å². The number of aliphatic hydroxyl groups is 1. The van der Waals surface area contributed by atoms with Crippen LogP contribution in [0, 0.1) is 12.7 Å². The smallest absolute Gasteiger partial charge is 0.126 e. The Bertz CT molecular complexity index is 425. The minimum absolute atomic E-state index is 0.218. The normalized spacial score (nSPS) is 19.2. The van der Waals surface area contributed by atoms with E-state index >= 15 is 0 Å². The maximum atomic E-state index is 13.3. The molecule has 1 atom stereocenters. The van der Waals surface area contributed by atoms with Crippen molar-refractivity contribution in [2.24, 2.45) is 0 Å². The second-order valence-electron chi connectivity index (χ2n) is 5.76. The Morgan fingerprint density at radius 3 is 2.44 bits per heavy atom. The number of halogens is 1. The van der Waals surface area contributed by atoms with E-state index in [2.05, 4.69) is 18.7 Å². The zero-order valence-corrected chi connectivity index (χ0v) is 11.4. The lowest BCUT2D eigenvalue weighted by atomic mass is 9.89. The average molecular weight is 251 g/mol. The molecule has 0 aromatic heterocycles. The molecule has 0 bridgehead atoms. The van der Waals surface area contributed by atoms with Crippen molar-refractivity contribution >= 4 is 0 Å². The molecule has 0 saturated carbocycles. The molecule has 0 aliphatic carbocycles. The fraction of sp³-hybridized carbons (Fsp3) is 0.600. The number of nitrogens with zero attached hydrogens (tertiary/aromatic N) is 1. The van der Waals surface area contributed by atoms with Crippen molar-refractivity contribution in [3.63, 3.8) is 0 Å². The largest absolute Gasteiger partial charge is 0.386 e. The number of likely N-dealkylation sites (tertiary alicyclic amines) is 1. The van der Waals surface area contributed by atoms with E-state index in [1.54, 1.807) is 19.1 Å². The van der Waals surface area contributed by atoms with Gasteiger partial charge in [-0.25, -0.2) is 4.39 Å². The summed E-state index contributed by atoms with van der Waals surface area (Å²) in [5.41, 5.74) is 1.08. The Labute approximate surface area is 108 Å². The van der Waals surface area contributed by atoms with Gasteiger partial charge >= 0.3 is 0 Å². The van der Waals surface area contributed by atoms with Crippen molar-refractivity contribution in [2.45, 2.75) is 45.3 Å². The van der Waals surface area contributed by atoms with Crippen LogP contribution < -0.4 is 0 Å². The lowest BCUT2D eigenvalue weighted by Crippen LogP contribution is -2.46. The SMILES string of the molecule is Cc1cc(C(O)C(C)(C)N2CCCC2)ccc1F. The monoisotopic (exact) mass is 251 g/mol. The Morgan fingerprint density at radius 2 is 1.89 bits per heavy atom. The molecule has 0 radical (unpaired) electrons. The van der Waals surface area contributed by atoms with Crippen LogP contribution in [0.4, 0.5) is 4.39 Å². The number of aliphatic hydroxyl groups excluding tert-OH is 1. The van der Waals surface area contributed by atoms with Crippen molar-refractivity contribution in [3.05, 3.63) is 35.1 Å². The van der Waals surface area contributed by atoms with Crippen molar-refractivity contribution < 1.29 is 9.50 Å². The van der Waals surface area contributed by atoms with E-state index in [9.17, 15) is 9.50 Å². The zero-order chi connectivity index (χ0) is 13.3. The third-order valence-electron chi connectivity index (χ3n) is 4.09. The first-order valence-corrected chi connectivity index (χ1v) is 6.62. The Kier molecular flexibility index (Phi) is 3.74. The molecule has 1 saturated heterocycles. The number of rotatable bonds is 3. The van der Waals surface area contributed by atoms with Crippen molar-refractivity contribution in [3.8, 4) is 0 Å². The summed E-state index contributed by atoms with van der Waals surface area (Å²) in [6, 6.07) is 4.87. The molecule has 1 aromatic carbocycles. The van der Waals surface area contributed by atoms with Crippen LogP contribution in [0.1, 0.15) is 43.9 Å². The second-order valence-corrected chi connectivity index (χ2v) is 5.76. The highest BCUT2D eigenvalue weighted by Gasteiger charge is 2.36. The molecule has 2 nitrogen and oxygen atoms in total. The van der Waals surface area contributed by atoms with E-state index in [1.807, 2.05) is 0 Å². The summed E-state index contributed by atoms with van der Waals surface area (Å²) in [7, 11) is 0. The highest BCUT2D eigenvalue weighted by atomic mass is 19.1. The molecule has 1 fully saturated rings. The third-order valence-corrected chi connectivity index (χ3v) is 4.09. The molecule has 1 heterocycles. The van der Waals surface area contributed by atoms with Gasteiger partial charge in [0.15, 0.2) is 0 Å². The number of hydrogen-bond donors (Lipinski definition) is 1. The molecular weight excluding hydrogens is 229 g/mol. The van der Waals surface area contributed by atoms with Gasteiger partial charge in [-0.05, 0) is 63.9 Å². The molecule has 3 heteroatoms. The zero-order valence-electron chi connectivity index (χ0n) is 11.4.